The Morgan fingerprint density at radius 3 is 2.54 bits per heavy atom. The second kappa shape index (κ2) is 6.52. The lowest BCUT2D eigenvalue weighted by molar-refractivity contribution is -0.255. The molecule has 138 valence electrons. The topological polar surface area (TPSA) is 129 Å². The predicted octanol–water partition coefficient (Wildman–Crippen LogP) is -1.59. The minimum absolute atomic E-state index is 0.0122. The van der Waals surface area contributed by atoms with Crippen molar-refractivity contribution in [3.05, 3.63) is 40.3 Å². The number of carbonyl (C=O) groups excluding carboxylic acids is 2. The Morgan fingerprint density at radius 1 is 1.31 bits per heavy atom. The largest absolute Gasteiger partial charge is 0.543 e. The van der Waals surface area contributed by atoms with E-state index in [9.17, 15) is 27.9 Å². The van der Waals surface area contributed by atoms with Gasteiger partial charge in [0.15, 0.2) is 9.84 Å². The highest BCUT2D eigenvalue weighted by Crippen LogP contribution is 2.17. The van der Waals surface area contributed by atoms with Crippen LogP contribution in [-0.2, 0) is 21.2 Å². The monoisotopic (exact) mass is 378 g/mol. The van der Waals surface area contributed by atoms with Gasteiger partial charge in [0.25, 0.3) is 5.56 Å². The highest BCUT2D eigenvalue weighted by molar-refractivity contribution is 7.91. The summed E-state index contributed by atoms with van der Waals surface area (Å²) in [6, 6.07) is 5.56. The maximum Gasteiger partial charge on any atom is 0.275 e. The van der Waals surface area contributed by atoms with E-state index in [0.29, 0.717) is 6.42 Å². The molecule has 9 nitrogen and oxygen atoms in total. The molecule has 2 aromatic rings. The molecular formula is C16H16N3O6S-. The van der Waals surface area contributed by atoms with Gasteiger partial charge in [-0.1, -0.05) is 18.2 Å². The Labute approximate surface area is 148 Å². The Kier molecular flexibility index (Phi) is 4.53. The maximum absolute atomic E-state index is 12.5. The van der Waals surface area contributed by atoms with E-state index in [0.717, 1.165) is 4.68 Å². The van der Waals surface area contributed by atoms with Crippen molar-refractivity contribution in [3.63, 3.8) is 0 Å². The molecule has 0 unspecified atom stereocenters. The summed E-state index contributed by atoms with van der Waals surface area (Å²) in [5, 5.41) is 15.3. The van der Waals surface area contributed by atoms with Gasteiger partial charge in [0, 0.05) is 18.5 Å². The number of fused-ring (bicyclic) bond motifs is 1. The summed E-state index contributed by atoms with van der Waals surface area (Å²) in [6.07, 6.45) is 0.328. The first-order valence-electron chi connectivity index (χ1n) is 7.87. The third kappa shape index (κ3) is 3.32. The fourth-order valence-corrected chi connectivity index (χ4v) is 4.79. The van der Waals surface area contributed by atoms with Crippen LogP contribution < -0.4 is 10.7 Å². The van der Waals surface area contributed by atoms with Crippen molar-refractivity contribution in [3.8, 4) is 0 Å². The lowest BCUT2D eigenvalue weighted by Crippen LogP contribution is -2.42. The lowest BCUT2D eigenvalue weighted by atomic mass is 10.1. The molecule has 0 spiro atoms. The Morgan fingerprint density at radius 2 is 1.96 bits per heavy atom. The smallest absolute Gasteiger partial charge is 0.275 e. The van der Waals surface area contributed by atoms with Gasteiger partial charge in [-0.05, 0) is 12.5 Å². The molecule has 26 heavy (non-hydrogen) atoms. The molecule has 2 heterocycles. The van der Waals surface area contributed by atoms with Crippen LogP contribution in [0.4, 0.5) is 0 Å². The number of rotatable bonds is 4. The summed E-state index contributed by atoms with van der Waals surface area (Å²) in [4.78, 5) is 37.6. The van der Waals surface area contributed by atoms with Gasteiger partial charge in [0.05, 0.1) is 22.9 Å². The molecule has 1 amide bonds. The van der Waals surface area contributed by atoms with Crippen molar-refractivity contribution in [2.45, 2.75) is 19.0 Å². The molecule has 0 saturated carbocycles. The molecule has 1 fully saturated rings. The molecule has 3 rings (SSSR count). The SMILES string of the molecule is CN(C(=O)Cn1nc(C(=O)[O-])c2ccccc2c1=O)[C@@H]1CCS(=O)(=O)C1. The zero-order chi connectivity index (χ0) is 19.1. The predicted molar refractivity (Wildman–Crippen MR) is 90.2 cm³/mol. The molecule has 1 aromatic heterocycles. The summed E-state index contributed by atoms with van der Waals surface area (Å²) in [5.74, 6) is -2.20. The summed E-state index contributed by atoms with van der Waals surface area (Å²) in [5.41, 5.74) is -1.04. The Hall–Kier alpha value is -2.75. The minimum Gasteiger partial charge on any atom is -0.543 e. The van der Waals surface area contributed by atoms with E-state index in [1.54, 1.807) is 12.1 Å². The van der Waals surface area contributed by atoms with Gasteiger partial charge >= 0.3 is 0 Å². The Bertz CT molecular complexity index is 1060. The number of carboxylic acid groups (broad SMARTS) is 1. The first-order valence-corrected chi connectivity index (χ1v) is 9.69. The molecule has 0 N–H and O–H groups in total. The molecular weight excluding hydrogens is 362 g/mol. The van der Waals surface area contributed by atoms with Crippen molar-refractivity contribution in [2.24, 2.45) is 0 Å². The van der Waals surface area contributed by atoms with Crippen LogP contribution in [-0.4, -0.2) is 59.6 Å². The molecule has 0 radical (unpaired) electrons. The number of carboxylic acids is 1. The van der Waals surface area contributed by atoms with Gasteiger partial charge in [-0.3, -0.25) is 9.59 Å². The van der Waals surface area contributed by atoms with Crippen molar-refractivity contribution < 1.29 is 23.1 Å². The normalized spacial score (nSPS) is 18.7. The molecule has 1 aliphatic rings. The van der Waals surface area contributed by atoms with E-state index in [2.05, 4.69) is 5.10 Å². The second-order valence-electron chi connectivity index (χ2n) is 6.21. The van der Waals surface area contributed by atoms with E-state index >= 15 is 0 Å². The van der Waals surface area contributed by atoms with Gasteiger partial charge in [-0.2, -0.15) is 5.10 Å². The van der Waals surface area contributed by atoms with Crippen LogP contribution in [0.3, 0.4) is 0 Å². The highest BCUT2D eigenvalue weighted by atomic mass is 32.2. The number of aromatic carboxylic acids is 1. The van der Waals surface area contributed by atoms with Crippen molar-refractivity contribution >= 4 is 32.5 Å². The van der Waals surface area contributed by atoms with E-state index in [-0.39, 0.29) is 22.3 Å². The van der Waals surface area contributed by atoms with Crippen LogP contribution in [0.1, 0.15) is 16.9 Å². The number of hydrogen-bond donors (Lipinski definition) is 0. The number of sulfone groups is 1. The second-order valence-corrected chi connectivity index (χ2v) is 8.43. The number of aromatic nitrogens is 2. The highest BCUT2D eigenvalue weighted by Gasteiger charge is 2.32. The number of amides is 1. The third-order valence-corrected chi connectivity index (χ3v) is 6.25. The number of benzene rings is 1. The molecule has 0 aliphatic carbocycles. The van der Waals surface area contributed by atoms with E-state index in [1.807, 2.05) is 0 Å². The van der Waals surface area contributed by atoms with Crippen LogP contribution in [0.15, 0.2) is 29.1 Å². The quantitative estimate of drug-likeness (QED) is 0.627. The molecule has 0 bridgehead atoms. The van der Waals surface area contributed by atoms with Crippen LogP contribution in [0.5, 0.6) is 0 Å². The summed E-state index contributed by atoms with van der Waals surface area (Å²) < 4.78 is 23.9. The fraction of sp³-hybridized carbons (Fsp3) is 0.375. The van der Waals surface area contributed by atoms with Crippen molar-refractivity contribution in [2.75, 3.05) is 18.6 Å². The van der Waals surface area contributed by atoms with Gasteiger partial charge in [-0.15, -0.1) is 0 Å². The van der Waals surface area contributed by atoms with Crippen molar-refractivity contribution in [1.82, 2.24) is 14.7 Å². The third-order valence-electron chi connectivity index (χ3n) is 4.50. The van der Waals surface area contributed by atoms with Crippen molar-refractivity contribution in [1.29, 1.82) is 0 Å². The van der Waals surface area contributed by atoms with Gasteiger partial charge in [0.2, 0.25) is 5.91 Å². The molecule has 1 atom stereocenters. The first kappa shape index (κ1) is 18.1. The average Bonchev–Trinajstić information content (AvgIpc) is 2.96. The number of hydrogen-bond acceptors (Lipinski definition) is 7. The molecule has 1 aromatic carbocycles. The number of nitrogens with zero attached hydrogens (tertiary/aromatic N) is 3. The van der Waals surface area contributed by atoms with E-state index < -0.39 is 45.6 Å². The maximum atomic E-state index is 12.5. The molecule has 1 saturated heterocycles. The minimum atomic E-state index is -3.17. The van der Waals surface area contributed by atoms with Crippen LogP contribution >= 0.6 is 0 Å². The van der Waals surface area contributed by atoms with Gasteiger partial charge in [-0.25, -0.2) is 13.1 Å². The summed E-state index contributed by atoms with van der Waals surface area (Å²) in [6.45, 7) is -0.489. The van der Waals surface area contributed by atoms with Crippen LogP contribution in [0.25, 0.3) is 10.8 Å². The van der Waals surface area contributed by atoms with E-state index in [4.69, 9.17) is 0 Å². The zero-order valence-electron chi connectivity index (χ0n) is 13.9. The average molecular weight is 378 g/mol. The first-order chi connectivity index (χ1) is 12.2. The summed E-state index contributed by atoms with van der Waals surface area (Å²) >= 11 is 0. The number of likely N-dealkylation sites (N-methyl/N-ethyl adjacent to an activating group) is 1. The lowest BCUT2D eigenvalue weighted by Gasteiger charge is -2.23. The molecule has 10 heteroatoms. The van der Waals surface area contributed by atoms with E-state index in [1.165, 1.54) is 24.1 Å². The fourth-order valence-electron chi connectivity index (χ4n) is 3.02. The number of carbonyl (C=O) groups is 2. The van der Waals surface area contributed by atoms with Gasteiger partial charge in [0.1, 0.15) is 12.2 Å². The zero-order valence-corrected chi connectivity index (χ0v) is 14.7. The molecule has 1 aliphatic heterocycles. The standard InChI is InChI=1S/C16H17N3O6S/c1-18(10-6-7-26(24,25)9-10)13(20)8-19-15(21)12-5-3-2-4-11(12)14(17-19)16(22)23/h2-5,10H,6-9H2,1H3,(H,22,23)/p-1/t10-/m1/s1. The summed E-state index contributed by atoms with van der Waals surface area (Å²) in [7, 11) is -1.71. The van der Waals surface area contributed by atoms with Crippen LogP contribution in [0.2, 0.25) is 0 Å². The van der Waals surface area contributed by atoms with Crippen LogP contribution in [0, 0.1) is 0 Å². The van der Waals surface area contributed by atoms with Gasteiger partial charge < -0.3 is 14.8 Å². The Balaban J connectivity index is 1.93.